The minimum Gasteiger partial charge on any atom is -0.383 e. The van der Waals surface area contributed by atoms with E-state index >= 15 is 0 Å². The van der Waals surface area contributed by atoms with E-state index in [9.17, 15) is 4.79 Å². The summed E-state index contributed by atoms with van der Waals surface area (Å²) in [6, 6.07) is 17.9. The fourth-order valence-electron chi connectivity index (χ4n) is 2.24. The van der Waals surface area contributed by atoms with Crippen LogP contribution >= 0.6 is 0 Å². The van der Waals surface area contributed by atoms with E-state index < -0.39 is 0 Å². The van der Waals surface area contributed by atoms with Gasteiger partial charge in [0.15, 0.2) is 0 Å². The van der Waals surface area contributed by atoms with Gasteiger partial charge in [0.05, 0.1) is 6.61 Å². The van der Waals surface area contributed by atoms with Crippen LogP contribution in [0.5, 0.6) is 0 Å². The van der Waals surface area contributed by atoms with Crippen molar-refractivity contribution in [3.05, 3.63) is 60.2 Å². The molecule has 0 aliphatic carbocycles. The molecule has 0 spiro atoms. The molecule has 1 N–H and O–H groups in total. The molecule has 1 atom stereocenters. The SMILES string of the molecule is COCCNC(=O)N1OC1c1ccc(-c2ccccc2)cc1. The molecule has 1 saturated heterocycles. The number of nitrogens with one attached hydrogen (secondary N) is 1. The molecular weight excluding hydrogens is 280 g/mol. The van der Waals surface area contributed by atoms with Crippen molar-refractivity contribution in [2.24, 2.45) is 0 Å². The predicted molar refractivity (Wildman–Crippen MR) is 82.8 cm³/mol. The zero-order chi connectivity index (χ0) is 15.4. The summed E-state index contributed by atoms with van der Waals surface area (Å²) >= 11 is 0. The number of hydrogen-bond acceptors (Lipinski definition) is 3. The molecule has 1 aliphatic rings. The standard InChI is InChI=1S/C17H18N2O3/c1-21-12-11-18-17(20)19-16(22-19)15-9-7-14(8-10-15)13-5-3-2-4-6-13/h2-10,16H,11-12H2,1H3,(H,18,20). The summed E-state index contributed by atoms with van der Waals surface area (Å²) in [7, 11) is 1.59. The summed E-state index contributed by atoms with van der Waals surface area (Å²) < 4.78 is 4.89. The van der Waals surface area contributed by atoms with Crippen molar-refractivity contribution < 1.29 is 14.4 Å². The van der Waals surface area contributed by atoms with Gasteiger partial charge in [-0.2, -0.15) is 5.06 Å². The number of carbonyl (C=O) groups is 1. The molecule has 0 saturated carbocycles. The molecule has 1 fully saturated rings. The molecule has 22 heavy (non-hydrogen) atoms. The number of amides is 2. The fourth-order valence-corrected chi connectivity index (χ4v) is 2.24. The van der Waals surface area contributed by atoms with E-state index in [1.54, 1.807) is 7.11 Å². The van der Waals surface area contributed by atoms with Gasteiger partial charge < -0.3 is 10.1 Å². The van der Waals surface area contributed by atoms with Crippen LogP contribution in [0.25, 0.3) is 11.1 Å². The van der Waals surface area contributed by atoms with E-state index in [1.807, 2.05) is 42.5 Å². The lowest BCUT2D eigenvalue weighted by atomic mass is 10.0. The summed E-state index contributed by atoms with van der Waals surface area (Å²) in [5.41, 5.74) is 3.27. The second-order valence-corrected chi connectivity index (χ2v) is 5.00. The van der Waals surface area contributed by atoms with Crippen molar-refractivity contribution in [3.8, 4) is 11.1 Å². The van der Waals surface area contributed by atoms with Crippen molar-refractivity contribution in [1.29, 1.82) is 0 Å². The van der Waals surface area contributed by atoms with Crippen molar-refractivity contribution in [2.45, 2.75) is 6.23 Å². The Bertz CT molecular complexity index is 628. The number of carbonyl (C=O) groups excluding carboxylic acids is 1. The molecular formula is C17H18N2O3. The molecule has 2 amide bonds. The van der Waals surface area contributed by atoms with Crippen LogP contribution in [0.3, 0.4) is 0 Å². The number of nitrogens with zero attached hydrogens (tertiary/aromatic N) is 1. The topological polar surface area (TPSA) is 53.9 Å². The fraction of sp³-hybridized carbons (Fsp3) is 0.235. The number of rotatable bonds is 5. The van der Waals surface area contributed by atoms with Gasteiger partial charge in [-0.05, 0) is 11.1 Å². The highest BCUT2D eigenvalue weighted by Gasteiger charge is 2.42. The predicted octanol–water partition coefficient (Wildman–Crippen LogP) is 2.96. The van der Waals surface area contributed by atoms with Crippen molar-refractivity contribution in [1.82, 2.24) is 10.4 Å². The molecule has 5 nitrogen and oxygen atoms in total. The summed E-state index contributed by atoms with van der Waals surface area (Å²) in [6.45, 7) is 0.949. The molecule has 0 bridgehead atoms. The van der Waals surface area contributed by atoms with Crippen molar-refractivity contribution in [3.63, 3.8) is 0 Å². The Morgan fingerprint density at radius 3 is 2.50 bits per heavy atom. The Labute approximate surface area is 129 Å². The van der Waals surface area contributed by atoms with Gasteiger partial charge in [0.25, 0.3) is 0 Å². The van der Waals surface area contributed by atoms with Crippen LogP contribution in [0, 0.1) is 0 Å². The lowest BCUT2D eigenvalue weighted by Crippen LogP contribution is -2.31. The molecule has 0 radical (unpaired) electrons. The van der Waals surface area contributed by atoms with Crippen molar-refractivity contribution >= 4 is 6.03 Å². The highest BCUT2D eigenvalue weighted by Crippen LogP contribution is 2.37. The monoisotopic (exact) mass is 298 g/mol. The van der Waals surface area contributed by atoms with Crippen molar-refractivity contribution in [2.75, 3.05) is 20.3 Å². The zero-order valence-corrected chi connectivity index (χ0v) is 12.4. The summed E-state index contributed by atoms with van der Waals surface area (Å²) in [5.74, 6) is 0. The molecule has 5 heteroatoms. The van der Waals surface area contributed by atoms with E-state index in [0.717, 1.165) is 11.1 Å². The van der Waals surface area contributed by atoms with Gasteiger partial charge in [0, 0.05) is 19.2 Å². The minimum atomic E-state index is -0.299. The number of methoxy groups -OCH3 is 1. The molecule has 2 aromatic carbocycles. The van der Waals surface area contributed by atoms with Gasteiger partial charge in [-0.25, -0.2) is 9.63 Å². The second-order valence-electron chi connectivity index (χ2n) is 5.00. The average molecular weight is 298 g/mol. The molecule has 1 heterocycles. The summed E-state index contributed by atoms with van der Waals surface area (Å²) in [4.78, 5) is 17.1. The molecule has 114 valence electrons. The quantitative estimate of drug-likeness (QED) is 0.682. The second kappa shape index (κ2) is 6.60. The third kappa shape index (κ3) is 3.27. The smallest absolute Gasteiger partial charge is 0.344 e. The van der Waals surface area contributed by atoms with Crippen LogP contribution in [0.4, 0.5) is 4.79 Å². The van der Waals surface area contributed by atoms with Gasteiger partial charge >= 0.3 is 6.03 Å². The van der Waals surface area contributed by atoms with Gasteiger partial charge in [-0.15, -0.1) is 0 Å². The van der Waals surface area contributed by atoms with E-state index in [1.165, 1.54) is 10.6 Å². The van der Waals surface area contributed by atoms with Gasteiger partial charge in [0.2, 0.25) is 6.23 Å². The third-order valence-corrected chi connectivity index (χ3v) is 3.47. The maximum atomic E-state index is 11.8. The number of hydrogen-bond donors (Lipinski definition) is 1. The number of hydroxylamine groups is 2. The Balaban J connectivity index is 1.60. The van der Waals surface area contributed by atoms with E-state index in [0.29, 0.717) is 13.2 Å². The Morgan fingerprint density at radius 1 is 1.14 bits per heavy atom. The van der Waals surface area contributed by atoms with Crippen LogP contribution in [-0.2, 0) is 9.57 Å². The number of benzene rings is 2. The molecule has 0 aromatic heterocycles. The molecule has 1 aliphatic heterocycles. The van der Waals surface area contributed by atoms with E-state index in [-0.39, 0.29) is 12.3 Å². The lowest BCUT2D eigenvalue weighted by molar-refractivity contribution is 0.166. The normalized spacial score (nSPS) is 16.4. The first-order valence-corrected chi connectivity index (χ1v) is 7.18. The Kier molecular flexibility index (Phi) is 4.37. The maximum absolute atomic E-state index is 11.8. The van der Waals surface area contributed by atoms with Crippen LogP contribution in [0.2, 0.25) is 0 Å². The number of ether oxygens (including phenoxy) is 1. The number of urea groups is 1. The minimum absolute atomic E-state index is 0.241. The molecule has 1 unspecified atom stereocenters. The Morgan fingerprint density at radius 2 is 1.82 bits per heavy atom. The highest BCUT2D eigenvalue weighted by molar-refractivity contribution is 5.75. The van der Waals surface area contributed by atoms with E-state index in [4.69, 9.17) is 9.57 Å². The first-order chi connectivity index (χ1) is 10.8. The van der Waals surface area contributed by atoms with Gasteiger partial charge in [-0.1, -0.05) is 54.6 Å². The van der Waals surface area contributed by atoms with E-state index in [2.05, 4.69) is 17.4 Å². The summed E-state index contributed by atoms with van der Waals surface area (Å²) in [6.07, 6.45) is -0.299. The zero-order valence-electron chi connectivity index (χ0n) is 12.4. The lowest BCUT2D eigenvalue weighted by Gasteiger charge is -2.04. The first-order valence-electron chi connectivity index (χ1n) is 7.18. The first kappa shape index (κ1) is 14.6. The maximum Gasteiger partial charge on any atom is 0.344 e. The van der Waals surface area contributed by atoms with Crippen LogP contribution in [0.1, 0.15) is 11.8 Å². The third-order valence-electron chi connectivity index (χ3n) is 3.47. The van der Waals surface area contributed by atoms with Gasteiger partial charge in [-0.3, -0.25) is 0 Å². The van der Waals surface area contributed by atoms with Gasteiger partial charge in [0.1, 0.15) is 0 Å². The molecule has 3 rings (SSSR count). The molecule has 2 aromatic rings. The largest absolute Gasteiger partial charge is 0.383 e. The van der Waals surface area contributed by atoms with Crippen LogP contribution < -0.4 is 5.32 Å². The average Bonchev–Trinajstić information content (AvgIpc) is 3.37. The highest BCUT2D eigenvalue weighted by atomic mass is 16.8. The van der Waals surface area contributed by atoms with Crippen LogP contribution in [0.15, 0.2) is 54.6 Å². The Hall–Kier alpha value is -2.37. The summed E-state index contributed by atoms with van der Waals surface area (Å²) in [5, 5.41) is 4.05. The van der Waals surface area contributed by atoms with Crippen LogP contribution in [-0.4, -0.2) is 31.4 Å².